The minimum absolute atomic E-state index is 0.00283. The number of carbonyl (C=O) groups is 1. The van der Waals surface area contributed by atoms with Gasteiger partial charge in [0.2, 0.25) is 5.91 Å². The van der Waals surface area contributed by atoms with Crippen molar-refractivity contribution in [3.05, 3.63) is 29.6 Å². The number of fused-ring (bicyclic) bond motifs is 1. The Morgan fingerprint density at radius 1 is 1.38 bits per heavy atom. The van der Waals surface area contributed by atoms with Crippen LogP contribution in [0, 0.1) is 11.7 Å². The number of carbonyl (C=O) groups excluding carboxylic acids is 1. The molecule has 6 heteroatoms. The summed E-state index contributed by atoms with van der Waals surface area (Å²) >= 11 is 0. The van der Waals surface area contributed by atoms with E-state index in [4.69, 9.17) is 0 Å². The monoisotopic (exact) mass is 313 g/mol. The first kappa shape index (κ1) is 15.9. The van der Waals surface area contributed by atoms with Crippen LogP contribution >= 0.6 is 0 Å². The number of anilines is 1. The molecule has 0 atom stereocenters. The van der Waals surface area contributed by atoms with Gasteiger partial charge in [-0.2, -0.15) is 0 Å². The van der Waals surface area contributed by atoms with Gasteiger partial charge in [0.15, 0.2) is 9.84 Å². The van der Waals surface area contributed by atoms with Crippen molar-refractivity contribution in [3.63, 3.8) is 0 Å². The summed E-state index contributed by atoms with van der Waals surface area (Å²) in [6.45, 7) is 4.09. The van der Waals surface area contributed by atoms with Gasteiger partial charge in [0.25, 0.3) is 0 Å². The highest BCUT2D eigenvalue weighted by atomic mass is 32.2. The third kappa shape index (κ3) is 4.03. The van der Waals surface area contributed by atoms with Crippen LogP contribution in [0.1, 0.15) is 25.8 Å². The van der Waals surface area contributed by atoms with Crippen molar-refractivity contribution in [1.82, 2.24) is 0 Å². The predicted molar refractivity (Wildman–Crippen MR) is 80.6 cm³/mol. The van der Waals surface area contributed by atoms with Crippen LogP contribution in [-0.4, -0.2) is 32.4 Å². The molecule has 0 aromatic heterocycles. The Bertz CT molecular complexity index is 640. The lowest BCUT2D eigenvalue weighted by Crippen LogP contribution is -2.40. The van der Waals surface area contributed by atoms with Crippen molar-refractivity contribution in [2.24, 2.45) is 5.92 Å². The van der Waals surface area contributed by atoms with Gasteiger partial charge in [-0.25, -0.2) is 12.8 Å². The zero-order chi connectivity index (χ0) is 15.6. The molecule has 116 valence electrons. The van der Waals surface area contributed by atoms with E-state index in [9.17, 15) is 17.6 Å². The number of aryl methyl sites for hydroxylation is 1. The third-order valence-corrected chi connectivity index (χ3v) is 5.25. The zero-order valence-electron chi connectivity index (χ0n) is 12.3. The second kappa shape index (κ2) is 6.13. The molecule has 1 heterocycles. The predicted octanol–water partition coefficient (Wildman–Crippen LogP) is 2.18. The highest BCUT2D eigenvalue weighted by molar-refractivity contribution is 7.92. The van der Waals surface area contributed by atoms with Crippen LogP contribution in [0.15, 0.2) is 18.2 Å². The summed E-state index contributed by atoms with van der Waals surface area (Å²) in [5, 5.41) is 0. The SMILES string of the molecule is CC(C)CS(=O)(=O)CC(=O)N1CCCc2cc(F)ccc21. The van der Waals surface area contributed by atoms with Crippen molar-refractivity contribution in [2.45, 2.75) is 26.7 Å². The average molecular weight is 313 g/mol. The molecule has 0 bridgehead atoms. The Hall–Kier alpha value is -1.43. The number of rotatable bonds is 4. The van der Waals surface area contributed by atoms with Crippen LogP contribution in [0.4, 0.5) is 10.1 Å². The summed E-state index contributed by atoms with van der Waals surface area (Å²) in [4.78, 5) is 13.8. The molecule has 1 aliphatic rings. The van der Waals surface area contributed by atoms with Gasteiger partial charge in [0.05, 0.1) is 5.75 Å². The second-order valence-electron chi connectivity index (χ2n) is 5.87. The van der Waals surface area contributed by atoms with E-state index in [1.807, 2.05) is 0 Å². The molecular weight excluding hydrogens is 293 g/mol. The average Bonchev–Trinajstić information content (AvgIpc) is 2.35. The van der Waals surface area contributed by atoms with E-state index in [0.717, 1.165) is 5.56 Å². The topological polar surface area (TPSA) is 54.5 Å². The maximum absolute atomic E-state index is 13.2. The summed E-state index contributed by atoms with van der Waals surface area (Å²) in [7, 11) is -3.41. The summed E-state index contributed by atoms with van der Waals surface area (Å²) < 4.78 is 37.1. The first-order chi connectivity index (χ1) is 9.78. The third-order valence-electron chi connectivity index (χ3n) is 3.39. The Kier molecular flexibility index (Phi) is 4.66. The van der Waals surface area contributed by atoms with E-state index in [-0.39, 0.29) is 17.5 Å². The fourth-order valence-electron chi connectivity index (χ4n) is 2.66. The minimum atomic E-state index is -3.41. The van der Waals surface area contributed by atoms with Gasteiger partial charge in [-0.15, -0.1) is 0 Å². The first-order valence-corrected chi connectivity index (χ1v) is 8.90. The maximum atomic E-state index is 13.2. The molecule has 4 nitrogen and oxygen atoms in total. The molecule has 0 spiro atoms. The molecule has 1 aromatic rings. The zero-order valence-corrected chi connectivity index (χ0v) is 13.1. The van der Waals surface area contributed by atoms with Crippen molar-refractivity contribution in [3.8, 4) is 0 Å². The van der Waals surface area contributed by atoms with Crippen LogP contribution in [0.25, 0.3) is 0 Å². The van der Waals surface area contributed by atoms with E-state index in [1.165, 1.54) is 17.0 Å². The molecule has 0 N–H and O–H groups in total. The lowest BCUT2D eigenvalue weighted by molar-refractivity contribution is -0.116. The van der Waals surface area contributed by atoms with Gasteiger partial charge in [0, 0.05) is 12.2 Å². The lowest BCUT2D eigenvalue weighted by atomic mass is 10.0. The quantitative estimate of drug-likeness (QED) is 0.856. The highest BCUT2D eigenvalue weighted by Gasteiger charge is 2.27. The molecule has 0 unspecified atom stereocenters. The van der Waals surface area contributed by atoms with Crippen molar-refractivity contribution < 1.29 is 17.6 Å². The Morgan fingerprint density at radius 3 is 2.76 bits per heavy atom. The number of benzene rings is 1. The molecular formula is C15H20FNO3S. The van der Waals surface area contributed by atoms with Gasteiger partial charge in [0.1, 0.15) is 11.6 Å². The smallest absolute Gasteiger partial charge is 0.242 e. The Labute approximate surface area is 124 Å². The van der Waals surface area contributed by atoms with Crippen molar-refractivity contribution >= 4 is 21.4 Å². The van der Waals surface area contributed by atoms with E-state index < -0.39 is 21.5 Å². The van der Waals surface area contributed by atoms with Crippen LogP contribution in [0.5, 0.6) is 0 Å². The summed E-state index contributed by atoms with van der Waals surface area (Å²) in [5.74, 6) is -1.26. The van der Waals surface area contributed by atoms with Gasteiger partial charge in [-0.05, 0) is 42.5 Å². The fourth-order valence-corrected chi connectivity index (χ4v) is 4.32. The van der Waals surface area contributed by atoms with Crippen LogP contribution in [0.2, 0.25) is 0 Å². The summed E-state index contributed by atoms with van der Waals surface area (Å²) in [5.41, 5.74) is 1.39. The molecule has 0 aliphatic carbocycles. The molecule has 0 radical (unpaired) electrons. The van der Waals surface area contributed by atoms with Gasteiger partial charge in [-0.1, -0.05) is 13.8 Å². The summed E-state index contributed by atoms with van der Waals surface area (Å²) in [6.07, 6.45) is 1.42. The van der Waals surface area contributed by atoms with E-state index >= 15 is 0 Å². The van der Waals surface area contributed by atoms with Gasteiger partial charge < -0.3 is 4.90 Å². The standard InChI is InChI=1S/C15H20FNO3S/c1-11(2)9-21(19,20)10-15(18)17-7-3-4-12-8-13(16)5-6-14(12)17/h5-6,8,11H,3-4,7,9-10H2,1-2H3. The molecule has 1 amide bonds. The second-order valence-corrected chi connectivity index (χ2v) is 7.98. The molecule has 0 saturated carbocycles. The van der Waals surface area contributed by atoms with E-state index in [1.54, 1.807) is 19.9 Å². The van der Waals surface area contributed by atoms with Crippen molar-refractivity contribution in [1.29, 1.82) is 0 Å². The normalized spacial score (nSPS) is 15.1. The summed E-state index contributed by atoms with van der Waals surface area (Å²) in [6, 6.07) is 4.27. The minimum Gasteiger partial charge on any atom is -0.311 e. The number of nitrogens with zero attached hydrogens (tertiary/aromatic N) is 1. The van der Waals surface area contributed by atoms with Crippen molar-refractivity contribution in [2.75, 3.05) is 23.0 Å². The number of amides is 1. The molecule has 2 rings (SSSR count). The molecule has 21 heavy (non-hydrogen) atoms. The van der Waals surface area contributed by atoms with Crippen LogP contribution in [-0.2, 0) is 21.1 Å². The fraction of sp³-hybridized carbons (Fsp3) is 0.533. The number of sulfone groups is 1. The molecule has 0 saturated heterocycles. The van der Waals surface area contributed by atoms with E-state index in [0.29, 0.717) is 25.1 Å². The largest absolute Gasteiger partial charge is 0.311 e. The van der Waals surface area contributed by atoms with Crippen LogP contribution < -0.4 is 4.90 Å². The Balaban J connectivity index is 2.19. The number of hydrogen-bond acceptors (Lipinski definition) is 3. The molecule has 1 aliphatic heterocycles. The Morgan fingerprint density at radius 2 is 2.10 bits per heavy atom. The molecule has 1 aromatic carbocycles. The van der Waals surface area contributed by atoms with Gasteiger partial charge in [-0.3, -0.25) is 4.79 Å². The lowest BCUT2D eigenvalue weighted by Gasteiger charge is -2.29. The molecule has 0 fully saturated rings. The first-order valence-electron chi connectivity index (χ1n) is 7.08. The maximum Gasteiger partial charge on any atom is 0.242 e. The van der Waals surface area contributed by atoms with Crippen LogP contribution in [0.3, 0.4) is 0 Å². The van der Waals surface area contributed by atoms with Gasteiger partial charge >= 0.3 is 0 Å². The highest BCUT2D eigenvalue weighted by Crippen LogP contribution is 2.28. The van der Waals surface area contributed by atoms with E-state index in [2.05, 4.69) is 0 Å². The number of halogens is 1. The number of hydrogen-bond donors (Lipinski definition) is 0.